The minimum absolute atomic E-state index is 0.00428. The van der Waals surface area contributed by atoms with Crippen molar-refractivity contribution < 1.29 is 24.5 Å². The molecule has 0 unspecified atom stereocenters. The molecule has 3 N–H and O–H groups in total. The van der Waals surface area contributed by atoms with Crippen LogP contribution in [0.15, 0.2) is 30.3 Å². The molecule has 0 bridgehead atoms. The van der Waals surface area contributed by atoms with Crippen LogP contribution >= 0.6 is 0 Å². The Bertz CT molecular complexity index is 1250. The summed E-state index contributed by atoms with van der Waals surface area (Å²) in [5, 5.41) is 32.4. The molecule has 0 saturated carbocycles. The summed E-state index contributed by atoms with van der Waals surface area (Å²) in [5.74, 6) is 0.965. The van der Waals surface area contributed by atoms with Crippen molar-refractivity contribution >= 4 is 5.91 Å². The quantitative estimate of drug-likeness (QED) is 0.473. The van der Waals surface area contributed by atoms with Gasteiger partial charge in [-0.25, -0.2) is 0 Å². The van der Waals surface area contributed by atoms with E-state index in [-0.39, 0.29) is 41.8 Å². The number of benzene rings is 2. The number of hydrogen-bond donors (Lipinski definition) is 3. The molecule has 0 spiro atoms. The molecule has 2 aliphatic rings. The van der Waals surface area contributed by atoms with Crippen LogP contribution in [-0.4, -0.2) is 68.8 Å². The number of fused-ring (bicyclic) bond motifs is 1. The highest BCUT2D eigenvalue weighted by atomic mass is 16.7. The van der Waals surface area contributed by atoms with Gasteiger partial charge in [0.2, 0.25) is 12.6 Å². The molecule has 1 aromatic heterocycles. The number of likely N-dealkylation sites (tertiary alicyclic amines) is 1. The lowest BCUT2D eigenvalue weighted by atomic mass is 9.98. The average molecular weight is 480 g/mol. The van der Waals surface area contributed by atoms with Crippen molar-refractivity contribution in [3.05, 3.63) is 41.7 Å². The minimum atomic E-state index is -0.372. The van der Waals surface area contributed by atoms with E-state index < -0.39 is 0 Å². The summed E-state index contributed by atoms with van der Waals surface area (Å²) >= 11 is 0. The predicted molar refractivity (Wildman–Crippen MR) is 128 cm³/mol. The molecule has 184 valence electrons. The monoisotopic (exact) mass is 479 g/mol. The van der Waals surface area contributed by atoms with E-state index in [1.54, 1.807) is 28.8 Å². The summed E-state index contributed by atoms with van der Waals surface area (Å²) in [6.45, 7) is 7.36. The third-order valence-electron chi connectivity index (χ3n) is 6.40. The van der Waals surface area contributed by atoms with Gasteiger partial charge in [0, 0.05) is 25.2 Å². The second-order valence-corrected chi connectivity index (χ2v) is 9.11. The van der Waals surface area contributed by atoms with Crippen LogP contribution in [0.2, 0.25) is 0 Å². The molecule has 35 heavy (non-hydrogen) atoms. The maximum Gasteiger partial charge on any atom is 0.289 e. The topological polar surface area (TPSA) is 122 Å². The van der Waals surface area contributed by atoms with Gasteiger partial charge in [0.1, 0.15) is 11.5 Å². The van der Waals surface area contributed by atoms with Crippen molar-refractivity contribution in [1.82, 2.24) is 25.0 Å². The van der Waals surface area contributed by atoms with Crippen LogP contribution in [0.4, 0.5) is 0 Å². The number of carbonyl (C=O) groups excluding carboxylic acids is 1. The zero-order chi connectivity index (χ0) is 24.5. The van der Waals surface area contributed by atoms with E-state index in [2.05, 4.69) is 20.4 Å². The lowest BCUT2D eigenvalue weighted by Gasteiger charge is -2.16. The molecule has 2 aliphatic heterocycles. The van der Waals surface area contributed by atoms with Crippen molar-refractivity contribution in [3.63, 3.8) is 0 Å². The van der Waals surface area contributed by atoms with Crippen LogP contribution < -0.4 is 14.8 Å². The highest BCUT2D eigenvalue weighted by Crippen LogP contribution is 2.39. The molecule has 3 heterocycles. The average Bonchev–Trinajstić information content (AvgIpc) is 3.59. The molecule has 1 amide bonds. The van der Waals surface area contributed by atoms with Gasteiger partial charge in [0.25, 0.3) is 5.91 Å². The first-order valence-electron chi connectivity index (χ1n) is 11.8. The smallest absolute Gasteiger partial charge is 0.289 e. The van der Waals surface area contributed by atoms with Crippen molar-refractivity contribution in [2.24, 2.45) is 0 Å². The van der Waals surface area contributed by atoms with Gasteiger partial charge in [-0.3, -0.25) is 9.36 Å². The van der Waals surface area contributed by atoms with E-state index >= 15 is 0 Å². The standard InChI is InChI=1S/C25H29N5O5/c1-15(2)17-12-18(20(32)13-19(17)31)23-27-28-24(25(33)26-7-10-29-8-3-4-9-29)30(23)16-5-6-21-22(11-16)35-14-34-21/h5-6,11-13,15,31-32H,3-4,7-10,14H2,1-2H3,(H,26,33). The molecule has 0 aliphatic carbocycles. The number of nitrogens with zero attached hydrogens (tertiary/aromatic N) is 4. The van der Waals surface area contributed by atoms with Crippen LogP contribution in [-0.2, 0) is 0 Å². The highest BCUT2D eigenvalue weighted by molar-refractivity contribution is 5.92. The highest BCUT2D eigenvalue weighted by Gasteiger charge is 2.26. The Kier molecular flexibility index (Phi) is 6.21. The van der Waals surface area contributed by atoms with E-state index in [9.17, 15) is 15.0 Å². The van der Waals surface area contributed by atoms with Crippen LogP contribution in [0.3, 0.4) is 0 Å². The summed E-state index contributed by atoms with van der Waals surface area (Å²) < 4.78 is 12.5. The lowest BCUT2D eigenvalue weighted by Crippen LogP contribution is -2.34. The number of amides is 1. The van der Waals surface area contributed by atoms with Gasteiger partial charge in [-0.15, -0.1) is 10.2 Å². The number of rotatable bonds is 7. The Morgan fingerprint density at radius 3 is 2.60 bits per heavy atom. The fourth-order valence-electron chi connectivity index (χ4n) is 4.52. The number of hydrogen-bond acceptors (Lipinski definition) is 8. The summed E-state index contributed by atoms with van der Waals surface area (Å²) in [6, 6.07) is 8.25. The Hall–Kier alpha value is -3.79. The van der Waals surface area contributed by atoms with Crippen LogP contribution in [0, 0.1) is 0 Å². The molecule has 0 atom stereocenters. The van der Waals surface area contributed by atoms with Gasteiger partial charge in [-0.1, -0.05) is 13.8 Å². The molecule has 1 saturated heterocycles. The van der Waals surface area contributed by atoms with E-state index in [4.69, 9.17) is 9.47 Å². The Labute approximate surface area is 203 Å². The summed E-state index contributed by atoms with van der Waals surface area (Å²) in [5.41, 5.74) is 1.58. The van der Waals surface area contributed by atoms with Crippen molar-refractivity contribution in [3.8, 4) is 40.1 Å². The van der Waals surface area contributed by atoms with E-state index in [1.807, 2.05) is 13.8 Å². The van der Waals surface area contributed by atoms with Crippen LogP contribution in [0.5, 0.6) is 23.0 Å². The van der Waals surface area contributed by atoms with Gasteiger partial charge >= 0.3 is 0 Å². The largest absolute Gasteiger partial charge is 0.508 e. The number of carbonyl (C=O) groups is 1. The Morgan fingerprint density at radius 2 is 1.83 bits per heavy atom. The zero-order valence-electron chi connectivity index (χ0n) is 19.8. The van der Waals surface area contributed by atoms with Crippen molar-refractivity contribution in [2.45, 2.75) is 32.6 Å². The Morgan fingerprint density at radius 1 is 1.06 bits per heavy atom. The first kappa shape index (κ1) is 23.0. The maximum atomic E-state index is 13.2. The van der Waals surface area contributed by atoms with E-state index in [0.29, 0.717) is 34.9 Å². The van der Waals surface area contributed by atoms with Gasteiger partial charge in [-0.05, 0) is 55.6 Å². The second kappa shape index (κ2) is 9.46. The number of phenolic OH excluding ortho intramolecular Hbond substituents is 2. The normalized spacial score (nSPS) is 15.2. The summed E-state index contributed by atoms with van der Waals surface area (Å²) in [7, 11) is 0. The first-order valence-corrected chi connectivity index (χ1v) is 11.8. The number of aromatic nitrogens is 3. The Balaban J connectivity index is 1.55. The van der Waals surface area contributed by atoms with Gasteiger partial charge < -0.3 is 29.9 Å². The predicted octanol–water partition coefficient (Wildman–Crippen LogP) is 3.02. The number of nitrogens with one attached hydrogen (secondary N) is 1. The van der Waals surface area contributed by atoms with Gasteiger partial charge in [-0.2, -0.15) is 0 Å². The van der Waals surface area contributed by atoms with Gasteiger partial charge in [0.15, 0.2) is 17.3 Å². The number of ether oxygens (including phenoxy) is 2. The molecular weight excluding hydrogens is 450 g/mol. The maximum absolute atomic E-state index is 13.2. The summed E-state index contributed by atoms with van der Waals surface area (Å²) in [6.07, 6.45) is 2.37. The number of phenols is 2. The molecule has 10 nitrogen and oxygen atoms in total. The third-order valence-corrected chi connectivity index (χ3v) is 6.40. The van der Waals surface area contributed by atoms with Crippen LogP contribution in [0.25, 0.3) is 17.1 Å². The zero-order valence-corrected chi connectivity index (χ0v) is 19.8. The van der Waals surface area contributed by atoms with Gasteiger partial charge in [0.05, 0.1) is 11.3 Å². The van der Waals surface area contributed by atoms with E-state index in [0.717, 1.165) is 19.6 Å². The molecule has 10 heteroatoms. The molecule has 1 fully saturated rings. The number of aromatic hydroxyl groups is 2. The van der Waals surface area contributed by atoms with Crippen molar-refractivity contribution in [1.29, 1.82) is 0 Å². The van der Waals surface area contributed by atoms with Crippen LogP contribution in [0.1, 0.15) is 48.8 Å². The summed E-state index contributed by atoms with van der Waals surface area (Å²) in [4.78, 5) is 15.5. The fraction of sp³-hybridized carbons (Fsp3) is 0.400. The molecule has 2 aromatic carbocycles. The second-order valence-electron chi connectivity index (χ2n) is 9.11. The molecule has 5 rings (SSSR count). The molecule has 0 radical (unpaired) electrons. The molecular formula is C25H29N5O5. The third kappa shape index (κ3) is 4.49. The SMILES string of the molecule is CC(C)c1cc(-c2nnc(C(=O)NCCN3CCCC3)n2-c2ccc3c(c2)OCO3)c(O)cc1O. The lowest BCUT2D eigenvalue weighted by molar-refractivity contribution is 0.0937. The first-order chi connectivity index (χ1) is 16.9. The fourth-order valence-corrected chi connectivity index (χ4v) is 4.52. The minimum Gasteiger partial charge on any atom is -0.508 e. The van der Waals surface area contributed by atoms with E-state index in [1.165, 1.54) is 18.9 Å². The molecule has 3 aromatic rings. The van der Waals surface area contributed by atoms with Crippen molar-refractivity contribution in [2.75, 3.05) is 33.0 Å².